The number of rotatable bonds is 4. The van der Waals surface area contributed by atoms with Gasteiger partial charge in [0.1, 0.15) is 5.75 Å². The van der Waals surface area contributed by atoms with Crippen LogP contribution in [-0.2, 0) is 0 Å². The molecule has 1 aromatic rings. The molecule has 9 heteroatoms. The van der Waals surface area contributed by atoms with Crippen LogP contribution in [-0.4, -0.2) is 13.8 Å². The third-order valence-corrected chi connectivity index (χ3v) is 4.62. The van der Waals surface area contributed by atoms with Gasteiger partial charge in [-0.25, -0.2) is 9.51 Å². The number of hydrogen-bond donors (Lipinski definition) is 0. The Bertz CT molecular complexity index is 500. The van der Waals surface area contributed by atoms with Crippen LogP contribution in [0.3, 0.4) is 0 Å². The first-order chi connectivity index (χ1) is 7.91. The maximum Gasteiger partial charge on any atom is 0.432 e. The van der Waals surface area contributed by atoms with E-state index < -0.39 is 15.6 Å². The van der Waals surface area contributed by atoms with E-state index >= 15 is 0 Å². The Hall–Kier alpha value is -1.06. The molecule has 0 aliphatic rings. The highest BCUT2D eigenvalue weighted by molar-refractivity contribution is 7.66. The summed E-state index contributed by atoms with van der Waals surface area (Å²) in [5.41, 5.74) is 0. The first-order valence-electron chi connectivity index (χ1n) is 4.37. The third kappa shape index (κ3) is 4.36. The van der Waals surface area contributed by atoms with Crippen LogP contribution < -0.4 is 4.52 Å². The minimum absolute atomic E-state index is 0.0849. The van der Waals surface area contributed by atoms with Crippen molar-refractivity contribution in [1.29, 1.82) is 0 Å². The zero-order valence-corrected chi connectivity index (χ0v) is 10.7. The predicted octanol–water partition coefficient (Wildman–Crippen LogP) is 5.20. The van der Waals surface area contributed by atoms with E-state index in [0.717, 1.165) is 7.05 Å². The summed E-state index contributed by atoms with van der Waals surface area (Å²) in [5, 5.41) is 0. The van der Waals surface area contributed by atoms with E-state index in [1.165, 1.54) is 12.1 Å². The second-order valence-corrected chi connectivity index (χ2v) is 6.20. The smallest absolute Gasteiger partial charge is 0.419 e. The highest BCUT2D eigenvalue weighted by Crippen LogP contribution is 2.67. The molecule has 0 radical (unpaired) electrons. The average Bonchev–Trinajstić information content (AvgIpc) is 2.29. The van der Waals surface area contributed by atoms with Gasteiger partial charge in [0.25, 0.3) is 0 Å². The Labute approximate surface area is 97.2 Å². The van der Waals surface area contributed by atoms with Gasteiger partial charge >= 0.3 is 15.6 Å². The SMILES string of the molecule is C=NP(F)(F)=NP(F)(=NC)Oc1ccccc1. The van der Waals surface area contributed by atoms with Gasteiger partial charge < -0.3 is 4.52 Å². The molecule has 0 spiro atoms. The molecule has 1 atom stereocenters. The Kier molecular flexibility index (Phi) is 4.54. The fraction of sp³-hybridized carbons (Fsp3) is 0.125. The molecule has 0 saturated heterocycles. The lowest BCUT2D eigenvalue weighted by Gasteiger charge is -2.11. The third-order valence-electron chi connectivity index (χ3n) is 1.60. The summed E-state index contributed by atoms with van der Waals surface area (Å²) in [6.45, 7) is 2.67. The maximum atomic E-state index is 13.9. The normalized spacial score (nSPS) is 14.6. The van der Waals surface area contributed by atoms with Gasteiger partial charge in [0.05, 0.1) is 0 Å². The Balaban J connectivity index is 3.08. The van der Waals surface area contributed by atoms with Crippen molar-refractivity contribution in [2.45, 2.75) is 0 Å². The number of benzene rings is 1. The van der Waals surface area contributed by atoms with Crippen molar-refractivity contribution in [1.82, 2.24) is 0 Å². The Morgan fingerprint density at radius 1 is 1.18 bits per heavy atom. The quantitative estimate of drug-likeness (QED) is 0.553. The van der Waals surface area contributed by atoms with Gasteiger partial charge in [0.15, 0.2) is 0 Å². The summed E-state index contributed by atoms with van der Waals surface area (Å²) in [6.07, 6.45) is 0. The van der Waals surface area contributed by atoms with Crippen molar-refractivity contribution in [3.8, 4) is 5.75 Å². The average molecular weight is 283 g/mol. The second kappa shape index (κ2) is 5.52. The number of halogens is 3. The van der Waals surface area contributed by atoms with E-state index in [9.17, 15) is 12.6 Å². The number of para-hydroxylation sites is 1. The van der Waals surface area contributed by atoms with Crippen LogP contribution in [0.5, 0.6) is 5.75 Å². The highest BCUT2D eigenvalue weighted by Gasteiger charge is 2.27. The standard InChI is InChI=1S/C8H10F3N3OP2/c1-12-16(9,10)14-17(11,13-2)15-8-6-4-3-5-7-8/h3-7H,1H2,2H3. The number of nitrogens with zero attached hydrogens (tertiary/aromatic N) is 3. The van der Waals surface area contributed by atoms with Crippen LogP contribution in [0.1, 0.15) is 0 Å². The first-order valence-corrected chi connectivity index (χ1v) is 7.35. The van der Waals surface area contributed by atoms with E-state index in [0.29, 0.717) is 0 Å². The zero-order chi connectivity index (χ0) is 12.9. The zero-order valence-electron chi connectivity index (χ0n) is 8.87. The molecular weight excluding hydrogens is 273 g/mol. The molecule has 0 amide bonds. The van der Waals surface area contributed by atoms with Crippen molar-refractivity contribution in [3.05, 3.63) is 30.3 Å². The topological polar surface area (TPSA) is 46.3 Å². The molecule has 0 aliphatic heterocycles. The first kappa shape index (κ1) is 14.0. The van der Waals surface area contributed by atoms with E-state index in [1.54, 1.807) is 18.2 Å². The minimum atomic E-state index is -5.10. The molecule has 0 fully saturated rings. The molecule has 0 aromatic heterocycles. The van der Waals surface area contributed by atoms with Gasteiger partial charge in [0, 0.05) is 7.05 Å². The van der Waals surface area contributed by atoms with Crippen LogP contribution in [0, 0.1) is 0 Å². The summed E-state index contributed by atoms with van der Waals surface area (Å²) in [5.74, 6) is 0.0849. The van der Waals surface area contributed by atoms with Gasteiger partial charge in [-0.05, 0) is 18.9 Å². The summed E-state index contributed by atoms with van der Waals surface area (Å²) < 4.78 is 52.8. The summed E-state index contributed by atoms with van der Waals surface area (Å²) >= 11 is 0. The molecule has 1 rings (SSSR count). The fourth-order valence-electron chi connectivity index (χ4n) is 0.876. The maximum absolute atomic E-state index is 13.9. The molecule has 4 nitrogen and oxygen atoms in total. The van der Waals surface area contributed by atoms with Gasteiger partial charge in [-0.15, -0.1) is 17.1 Å². The van der Waals surface area contributed by atoms with Crippen LogP contribution >= 0.6 is 15.6 Å². The molecule has 17 heavy (non-hydrogen) atoms. The highest BCUT2D eigenvalue weighted by atomic mass is 31.3. The fourth-order valence-corrected chi connectivity index (χ4v) is 3.10. The van der Waals surface area contributed by atoms with Crippen LogP contribution in [0.4, 0.5) is 12.6 Å². The molecular formula is C8H10F3N3OP2. The lowest BCUT2D eigenvalue weighted by molar-refractivity contribution is 0.548. The van der Waals surface area contributed by atoms with E-state index in [-0.39, 0.29) is 5.75 Å². The van der Waals surface area contributed by atoms with Crippen LogP contribution in [0.2, 0.25) is 0 Å². The molecule has 0 saturated carbocycles. The molecule has 0 heterocycles. The van der Waals surface area contributed by atoms with Crippen molar-refractivity contribution in [3.63, 3.8) is 0 Å². The molecule has 0 bridgehead atoms. The minimum Gasteiger partial charge on any atom is -0.419 e. The van der Waals surface area contributed by atoms with Gasteiger partial charge in [-0.3, -0.25) is 0 Å². The molecule has 0 aliphatic carbocycles. The van der Waals surface area contributed by atoms with Crippen molar-refractivity contribution in [2.75, 3.05) is 7.05 Å². The summed E-state index contributed by atoms with van der Waals surface area (Å²) in [7, 11) is -8.47. The Morgan fingerprint density at radius 2 is 1.76 bits per heavy atom. The van der Waals surface area contributed by atoms with E-state index in [2.05, 4.69) is 20.7 Å². The molecule has 1 aromatic carbocycles. The van der Waals surface area contributed by atoms with Crippen molar-refractivity contribution in [2.24, 2.45) is 14.0 Å². The molecule has 94 valence electrons. The monoisotopic (exact) mass is 283 g/mol. The Morgan fingerprint density at radius 3 is 2.24 bits per heavy atom. The lowest BCUT2D eigenvalue weighted by Crippen LogP contribution is -1.85. The molecule has 0 N–H and O–H groups in total. The molecule has 1 unspecified atom stereocenters. The second-order valence-electron chi connectivity index (χ2n) is 2.76. The summed E-state index contributed by atoms with van der Waals surface area (Å²) in [4.78, 5) is 0. The van der Waals surface area contributed by atoms with E-state index in [1.807, 2.05) is 0 Å². The lowest BCUT2D eigenvalue weighted by atomic mass is 10.3. The van der Waals surface area contributed by atoms with Gasteiger partial charge in [0.2, 0.25) is 0 Å². The van der Waals surface area contributed by atoms with E-state index in [4.69, 9.17) is 4.52 Å². The van der Waals surface area contributed by atoms with Gasteiger partial charge in [-0.2, -0.15) is 0 Å². The number of hydrogen-bond acceptors (Lipinski definition) is 2. The summed E-state index contributed by atoms with van der Waals surface area (Å²) in [6, 6.07) is 7.68. The van der Waals surface area contributed by atoms with Crippen LogP contribution in [0.15, 0.2) is 44.4 Å². The van der Waals surface area contributed by atoms with Crippen molar-refractivity contribution < 1.29 is 17.1 Å². The van der Waals surface area contributed by atoms with Crippen LogP contribution in [0.25, 0.3) is 0 Å². The predicted molar refractivity (Wildman–Crippen MR) is 64.6 cm³/mol. The van der Waals surface area contributed by atoms with Gasteiger partial charge in [-0.1, -0.05) is 18.2 Å². The largest absolute Gasteiger partial charge is 0.432 e. The van der Waals surface area contributed by atoms with Crippen molar-refractivity contribution >= 4 is 22.3 Å².